The Hall–Kier alpha value is -2.32. The molecule has 0 radical (unpaired) electrons. The predicted molar refractivity (Wildman–Crippen MR) is 54.6 cm³/mol. The summed E-state index contributed by atoms with van der Waals surface area (Å²) < 4.78 is 0. The van der Waals surface area contributed by atoms with Crippen LogP contribution in [0.5, 0.6) is 0 Å². The van der Waals surface area contributed by atoms with Gasteiger partial charge in [0.1, 0.15) is 0 Å². The highest BCUT2D eigenvalue weighted by Gasteiger charge is 2.58. The lowest BCUT2D eigenvalue weighted by atomic mass is 9.99. The third-order valence-electron chi connectivity index (χ3n) is 2.82. The van der Waals surface area contributed by atoms with E-state index in [4.69, 9.17) is 0 Å². The van der Waals surface area contributed by atoms with E-state index in [0.717, 1.165) is 0 Å². The Bertz CT molecular complexity index is 531. The molecule has 0 saturated carbocycles. The Morgan fingerprint density at radius 3 is 2.89 bits per heavy atom. The van der Waals surface area contributed by atoms with Gasteiger partial charge in [0, 0.05) is 12.4 Å². The van der Waals surface area contributed by atoms with Crippen molar-refractivity contribution in [1.82, 2.24) is 4.98 Å². The van der Waals surface area contributed by atoms with Crippen molar-refractivity contribution in [2.75, 3.05) is 0 Å². The number of amides is 2. The van der Waals surface area contributed by atoms with E-state index < -0.39 is 28.7 Å². The van der Waals surface area contributed by atoms with Gasteiger partial charge in [0.05, 0.1) is 17.1 Å². The standard InChI is InChI=1S/C11H10N2O6/c14-9-5-8(4-7-2-1-3-12-6-7)10(15)13(9,18)19-11(16)17/h1-3,6,8,18H,4-5H2. The summed E-state index contributed by atoms with van der Waals surface area (Å²) in [4.78, 5) is 39.2. The molecule has 1 aliphatic heterocycles. The van der Waals surface area contributed by atoms with Crippen molar-refractivity contribution in [2.24, 2.45) is 5.92 Å². The molecular weight excluding hydrogens is 256 g/mol. The highest BCUT2D eigenvalue weighted by Crippen LogP contribution is 2.28. The van der Waals surface area contributed by atoms with Gasteiger partial charge in [-0.2, -0.15) is 5.21 Å². The van der Waals surface area contributed by atoms with Gasteiger partial charge < -0.3 is 14.7 Å². The molecule has 2 amide bonds. The van der Waals surface area contributed by atoms with Crippen molar-refractivity contribution in [3.63, 3.8) is 0 Å². The van der Waals surface area contributed by atoms with Crippen molar-refractivity contribution in [2.45, 2.75) is 12.8 Å². The number of aromatic nitrogens is 1. The van der Waals surface area contributed by atoms with Crippen LogP contribution in [0.3, 0.4) is 0 Å². The number of carboxylic acid groups (broad SMARTS) is 1. The summed E-state index contributed by atoms with van der Waals surface area (Å²) in [7, 11) is 0. The zero-order valence-electron chi connectivity index (χ0n) is 9.68. The van der Waals surface area contributed by atoms with E-state index in [1.54, 1.807) is 18.3 Å². The Kier molecular flexibility index (Phi) is 3.28. The van der Waals surface area contributed by atoms with E-state index in [0.29, 0.717) is 5.56 Å². The van der Waals surface area contributed by atoms with E-state index in [2.05, 4.69) is 9.82 Å². The lowest BCUT2D eigenvalue weighted by Gasteiger charge is -2.20. The minimum atomic E-state index is -2.20. The molecule has 1 N–H and O–H groups in total. The van der Waals surface area contributed by atoms with Gasteiger partial charge in [0.25, 0.3) is 0 Å². The van der Waals surface area contributed by atoms with Gasteiger partial charge in [0.15, 0.2) is 0 Å². The maximum atomic E-state index is 11.8. The van der Waals surface area contributed by atoms with Crippen LogP contribution < -0.4 is 5.11 Å². The second-order valence-electron chi connectivity index (χ2n) is 4.12. The van der Waals surface area contributed by atoms with Crippen LogP contribution in [0, 0.1) is 5.92 Å². The molecule has 1 fully saturated rings. The summed E-state index contributed by atoms with van der Waals surface area (Å²) in [5.74, 6) is -2.93. The fourth-order valence-electron chi connectivity index (χ4n) is 1.96. The summed E-state index contributed by atoms with van der Waals surface area (Å²) in [6, 6.07) is 3.37. The first-order chi connectivity index (χ1) is 8.93. The van der Waals surface area contributed by atoms with E-state index >= 15 is 0 Å². The molecule has 8 nitrogen and oxygen atoms in total. The molecule has 1 aliphatic rings. The molecular formula is C11H10N2O6. The fraction of sp³-hybridized carbons (Fsp3) is 0.273. The smallest absolute Gasteiger partial charge is 0.389 e. The molecule has 1 aromatic rings. The topological polar surface area (TPSA) is 117 Å². The third kappa shape index (κ3) is 2.44. The van der Waals surface area contributed by atoms with Crippen LogP contribution in [0.25, 0.3) is 0 Å². The second-order valence-corrected chi connectivity index (χ2v) is 4.12. The third-order valence-corrected chi connectivity index (χ3v) is 2.82. The summed E-state index contributed by atoms with van der Waals surface area (Å²) in [5.41, 5.74) is 0.690. The number of hydrogen-bond donors (Lipinski definition) is 1. The first kappa shape index (κ1) is 13.1. The number of imide groups is 1. The van der Waals surface area contributed by atoms with Crippen molar-refractivity contribution in [1.29, 1.82) is 0 Å². The SMILES string of the molecule is O=C([O-])O[N+]1(O)C(=O)CC(Cc2cccnc2)C1=O. The molecule has 0 aliphatic carbocycles. The Labute approximate surface area is 107 Å². The highest BCUT2D eigenvalue weighted by molar-refractivity contribution is 5.92. The first-order valence-electron chi connectivity index (χ1n) is 5.42. The first-order valence-corrected chi connectivity index (χ1v) is 5.42. The number of hydrogen-bond acceptors (Lipinski definition) is 7. The summed E-state index contributed by atoms with van der Waals surface area (Å²) in [5, 5.41) is 19.9. The molecule has 2 atom stereocenters. The maximum Gasteiger partial charge on any atom is 0.389 e. The van der Waals surface area contributed by atoms with Gasteiger partial charge in [-0.1, -0.05) is 6.07 Å². The highest BCUT2D eigenvalue weighted by atomic mass is 17.0. The van der Waals surface area contributed by atoms with Crippen LogP contribution in [0.15, 0.2) is 24.5 Å². The number of pyridine rings is 1. The molecule has 0 aromatic carbocycles. The minimum absolute atomic E-state index is 0.162. The van der Waals surface area contributed by atoms with Crippen LogP contribution in [-0.4, -0.2) is 33.0 Å². The van der Waals surface area contributed by atoms with E-state index in [1.165, 1.54) is 6.20 Å². The van der Waals surface area contributed by atoms with E-state index in [9.17, 15) is 24.7 Å². The Balaban J connectivity index is 2.16. The Morgan fingerprint density at radius 1 is 1.58 bits per heavy atom. The minimum Gasteiger partial charge on any atom is -0.422 e. The Morgan fingerprint density at radius 2 is 2.32 bits per heavy atom. The van der Waals surface area contributed by atoms with Crippen LogP contribution in [0.4, 0.5) is 4.79 Å². The number of rotatable bonds is 3. The molecule has 0 bridgehead atoms. The monoisotopic (exact) mass is 266 g/mol. The lowest BCUT2D eigenvalue weighted by molar-refractivity contribution is -1.12. The summed E-state index contributed by atoms with van der Waals surface area (Å²) >= 11 is 0. The molecule has 0 spiro atoms. The largest absolute Gasteiger partial charge is 0.422 e. The van der Waals surface area contributed by atoms with Crippen LogP contribution in [0.1, 0.15) is 12.0 Å². The number of carbonyl (C=O) groups is 3. The molecule has 19 heavy (non-hydrogen) atoms. The number of carbonyl (C=O) groups excluding carboxylic acids is 3. The van der Waals surface area contributed by atoms with Crippen molar-refractivity contribution in [3.05, 3.63) is 30.1 Å². The molecule has 1 saturated heterocycles. The van der Waals surface area contributed by atoms with Crippen LogP contribution in [0.2, 0.25) is 0 Å². The van der Waals surface area contributed by atoms with E-state index in [1.807, 2.05) is 0 Å². The number of nitrogens with zero attached hydrogens (tertiary/aromatic N) is 2. The number of quaternary nitrogens is 1. The summed E-state index contributed by atoms with van der Waals surface area (Å²) in [6.45, 7) is 0. The van der Waals surface area contributed by atoms with Crippen molar-refractivity contribution < 1.29 is 34.3 Å². The van der Waals surface area contributed by atoms with Crippen molar-refractivity contribution >= 4 is 18.0 Å². The fourth-order valence-corrected chi connectivity index (χ4v) is 1.96. The van der Waals surface area contributed by atoms with Gasteiger partial charge in [-0.05, 0) is 18.1 Å². The maximum absolute atomic E-state index is 11.8. The van der Waals surface area contributed by atoms with E-state index in [-0.39, 0.29) is 12.8 Å². The predicted octanol–water partition coefficient (Wildman–Crippen LogP) is -0.822. The zero-order chi connectivity index (χ0) is 14.0. The van der Waals surface area contributed by atoms with Gasteiger partial charge in [-0.15, -0.1) is 0 Å². The average Bonchev–Trinajstić information content (AvgIpc) is 2.55. The van der Waals surface area contributed by atoms with Gasteiger partial charge in [0.2, 0.25) is 0 Å². The second kappa shape index (κ2) is 4.75. The van der Waals surface area contributed by atoms with Crippen LogP contribution in [-0.2, 0) is 20.8 Å². The molecule has 2 unspecified atom stereocenters. The molecule has 100 valence electrons. The normalized spacial score (nSPS) is 26.5. The average molecular weight is 266 g/mol. The lowest BCUT2D eigenvalue weighted by Crippen LogP contribution is -2.53. The van der Waals surface area contributed by atoms with Gasteiger partial charge in [-0.3, -0.25) is 4.98 Å². The number of hydroxylamine groups is 4. The zero-order valence-corrected chi connectivity index (χ0v) is 9.68. The van der Waals surface area contributed by atoms with Crippen LogP contribution >= 0.6 is 0 Å². The quantitative estimate of drug-likeness (QED) is 0.431. The molecule has 8 heteroatoms. The van der Waals surface area contributed by atoms with Gasteiger partial charge >= 0.3 is 18.0 Å². The molecule has 2 rings (SSSR count). The van der Waals surface area contributed by atoms with Crippen molar-refractivity contribution in [3.8, 4) is 0 Å². The molecule has 1 aromatic heterocycles. The summed E-state index contributed by atoms with van der Waals surface area (Å²) in [6.07, 6.45) is 0.775. The van der Waals surface area contributed by atoms with Gasteiger partial charge in [-0.25, -0.2) is 9.59 Å². The molecule has 2 heterocycles.